The smallest absolute Gasteiger partial charge is 0.228 e. The second kappa shape index (κ2) is 6.40. The Balaban J connectivity index is 1.84. The summed E-state index contributed by atoms with van der Waals surface area (Å²) in [5.41, 5.74) is 0. The molecule has 6 heteroatoms. The quantitative estimate of drug-likeness (QED) is 0.838. The van der Waals surface area contributed by atoms with Crippen molar-refractivity contribution in [2.45, 2.75) is 18.9 Å². The van der Waals surface area contributed by atoms with Crippen LogP contribution >= 0.6 is 23.1 Å². The molecule has 1 aromatic rings. The summed E-state index contributed by atoms with van der Waals surface area (Å²) in [5.74, 6) is 2.34. The molecule has 21 heavy (non-hydrogen) atoms. The molecule has 0 aliphatic carbocycles. The molecule has 0 unspecified atom stereocenters. The summed E-state index contributed by atoms with van der Waals surface area (Å²) in [6.45, 7) is 1.68. The fourth-order valence-electron chi connectivity index (χ4n) is 3.16. The molecular weight excluding hydrogens is 304 g/mol. The van der Waals surface area contributed by atoms with E-state index in [9.17, 15) is 9.59 Å². The van der Waals surface area contributed by atoms with Crippen molar-refractivity contribution < 1.29 is 9.59 Å². The van der Waals surface area contributed by atoms with Crippen molar-refractivity contribution in [3.63, 3.8) is 0 Å². The van der Waals surface area contributed by atoms with E-state index in [0.29, 0.717) is 12.8 Å². The summed E-state index contributed by atoms with van der Waals surface area (Å²) in [6.07, 6.45) is 1.16. The first-order valence-electron chi connectivity index (χ1n) is 7.34. The molecule has 0 radical (unpaired) electrons. The van der Waals surface area contributed by atoms with Crippen molar-refractivity contribution in [2.24, 2.45) is 5.92 Å². The molecule has 0 aromatic carbocycles. The molecule has 2 aliphatic rings. The van der Waals surface area contributed by atoms with Gasteiger partial charge in [0.15, 0.2) is 0 Å². The van der Waals surface area contributed by atoms with Crippen LogP contribution in [-0.2, 0) is 9.59 Å². The van der Waals surface area contributed by atoms with Crippen molar-refractivity contribution >= 4 is 34.9 Å². The number of piperidine rings is 1. The summed E-state index contributed by atoms with van der Waals surface area (Å²) < 4.78 is 0. The number of nitrogens with zero attached hydrogens (tertiary/aromatic N) is 2. The molecule has 2 saturated heterocycles. The molecule has 2 fully saturated rings. The number of carbonyl (C=O) groups excluding carboxylic acids is 2. The Bertz CT molecular complexity index is 512. The molecule has 0 spiro atoms. The van der Waals surface area contributed by atoms with Gasteiger partial charge in [0, 0.05) is 42.9 Å². The van der Waals surface area contributed by atoms with Gasteiger partial charge in [0.1, 0.15) is 0 Å². The first-order valence-corrected chi connectivity index (χ1v) is 9.37. The van der Waals surface area contributed by atoms with Gasteiger partial charge < -0.3 is 9.80 Å². The molecule has 2 aliphatic heterocycles. The van der Waals surface area contributed by atoms with Gasteiger partial charge >= 0.3 is 0 Å². The van der Waals surface area contributed by atoms with Crippen LogP contribution in [0.25, 0.3) is 0 Å². The number of thiophene rings is 1. The molecule has 2 atom stereocenters. The van der Waals surface area contributed by atoms with Crippen LogP contribution in [0.5, 0.6) is 0 Å². The normalized spacial score (nSPS) is 27.0. The maximum Gasteiger partial charge on any atom is 0.228 e. The molecule has 114 valence electrons. The van der Waals surface area contributed by atoms with Crippen molar-refractivity contribution in [3.8, 4) is 0 Å². The maximum absolute atomic E-state index is 12.9. The van der Waals surface area contributed by atoms with Gasteiger partial charge in [0.2, 0.25) is 11.8 Å². The molecule has 2 amide bonds. The summed E-state index contributed by atoms with van der Waals surface area (Å²) in [6, 6.07) is 3.94. The number of amides is 2. The molecule has 4 nitrogen and oxygen atoms in total. The molecule has 0 bridgehead atoms. The minimum absolute atomic E-state index is 0.0885. The highest BCUT2D eigenvalue weighted by Crippen LogP contribution is 2.39. The van der Waals surface area contributed by atoms with Gasteiger partial charge in [-0.3, -0.25) is 9.59 Å². The number of carbonyl (C=O) groups is 2. The van der Waals surface area contributed by atoms with Crippen LogP contribution < -0.4 is 0 Å². The lowest BCUT2D eigenvalue weighted by molar-refractivity contribution is -0.146. The van der Waals surface area contributed by atoms with Crippen LogP contribution in [-0.4, -0.2) is 53.3 Å². The largest absolute Gasteiger partial charge is 0.341 e. The monoisotopic (exact) mass is 324 g/mol. The predicted molar refractivity (Wildman–Crippen MR) is 86.5 cm³/mol. The predicted octanol–water partition coefficient (Wildman–Crippen LogP) is 2.23. The Morgan fingerprint density at radius 3 is 2.76 bits per heavy atom. The van der Waals surface area contributed by atoms with Gasteiger partial charge in [-0.1, -0.05) is 6.07 Å². The third kappa shape index (κ3) is 2.97. The molecule has 0 saturated carbocycles. The van der Waals surface area contributed by atoms with E-state index >= 15 is 0 Å². The van der Waals surface area contributed by atoms with E-state index in [1.807, 2.05) is 41.2 Å². The van der Waals surface area contributed by atoms with Crippen LogP contribution in [0.2, 0.25) is 0 Å². The second-order valence-corrected chi connectivity index (χ2v) is 7.75. The molecule has 0 N–H and O–H groups in total. The summed E-state index contributed by atoms with van der Waals surface area (Å²) in [4.78, 5) is 29.8. The lowest BCUT2D eigenvalue weighted by atomic mass is 9.86. The van der Waals surface area contributed by atoms with E-state index < -0.39 is 0 Å². The number of thioether (sulfide) groups is 1. The highest BCUT2D eigenvalue weighted by atomic mass is 32.2. The zero-order valence-electron chi connectivity index (χ0n) is 12.2. The minimum atomic E-state index is -0.0895. The highest BCUT2D eigenvalue weighted by molar-refractivity contribution is 7.99. The van der Waals surface area contributed by atoms with Gasteiger partial charge in [-0.25, -0.2) is 0 Å². The number of hydrogen-bond acceptors (Lipinski definition) is 4. The molecule has 3 heterocycles. The summed E-state index contributed by atoms with van der Waals surface area (Å²) in [5, 5.41) is 2.02. The topological polar surface area (TPSA) is 40.6 Å². The third-order valence-electron chi connectivity index (χ3n) is 4.34. The minimum Gasteiger partial charge on any atom is -0.341 e. The van der Waals surface area contributed by atoms with Crippen LogP contribution in [0, 0.1) is 5.92 Å². The average molecular weight is 324 g/mol. The van der Waals surface area contributed by atoms with E-state index in [2.05, 4.69) is 0 Å². The van der Waals surface area contributed by atoms with Crippen LogP contribution in [0.1, 0.15) is 23.8 Å². The Morgan fingerprint density at radius 1 is 1.33 bits per heavy atom. The third-order valence-corrected chi connectivity index (χ3v) is 6.22. The number of rotatable bonds is 2. The van der Waals surface area contributed by atoms with Crippen LogP contribution in [0.3, 0.4) is 0 Å². The first kappa shape index (κ1) is 14.9. The zero-order valence-corrected chi connectivity index (χ0v) is 13.8. The Hall–Kier alpha value is -1.01. The van der Waals surface area contributed by atoms with E-state index in [1.165, 1.54) is 0 Å². The van der Waals surface area contributed by atoms with Crippen molar-refractivity contribution in [3.05, 3.63) is 22.4 Å². The number of hydrogen-bond donors (Lipinski definition) is 0. The van der Waals surface area contributed by atoms with Gasteiger partial charge in [-0.15, -0.1) is 11.3 Å². The van der Waals surface area contributed by atoms with Crippen LogP contribution in [0.4, 0.5) is 0 Å². The van der Waals surface area contributed by atoms with Gasteiger partial charge in [-0.05, 0) is 17.9 Å². The Labute approximate surface area is 133 Å². The standard InChI is InChI=1S/C15H20N2O2S2/c1-16-13(18)5-4-11(14(16)12-3-2-8-21-12)15(19)17-6-9-20-10-7-17/h2-3,8,11,14H,4-7,9-10H2,1H3/t11-,14-/m0/s1. The molecule has 3 rings (SSSR count). The molecular formula is C15H20N2O2S2. The Morgan fingerprint density at radius 2 is 2.10 bits per heavy atom. The van der Waals surface area contributed by atoms with E-state index in [1.54, 1.807) is 16.2 Å². The van der Waals surface area contributed by atoms with E-state index in [-0.39, 0.29) is 23.8 Å². The lowest BCUT2D eigenvalue weighted by Crippen LogP contribution is -2.49. The van der Waals surface area contributed by atoms with E-state index in [0.717, 1.165) is 29.5 Å². The Kier molecular flexibility index (Phi) is 4.54. The van der Waals surface area contributed by atoms with Crippen LogP contribution in [0.15, 0.2) is 17.5 Å². The second-order valence-electron chi connectivity index (χ2n) is 5.55. The summed E-state index contributed by atoms with van der Waals surface area (Å²) in [7, 11) is 1.83. The fraction of sp³-hybridized carbons (Fsp3) is 0.600. The van der Waals surface area contributed by atoms with Gasteiger partial charge in [-0.2, -0.15) is 11.8 Å². The first-order chi connectivity index (χ1) is 10.2. The molecule has 1 aromatic heterocycles. The maximum atomic E-state index is 12.9. The van der Waals surface area contributed by atoms with Crippen molar-refractivity contribution in [2.75, 3.05) is 31.6 Å². The number of likely N-dealkylation sites (tertiary alicyclic amines) is 1. The van der Waals surface area contributed by atoms with Crippen molar-refractivity contribution in [1.82, 2.24) is 9.80 Å². The zero-order chi connectivity index (χ0) is 14.8. The van der Waals surface area contributed by atoms with Gasteiger partial charge in [0.25, 0.3) is 0 Å². The fourth-order valence-corrected chi connectivity index (χ4v) is 5.00. The average Bonchev–Trinajstić information content (AvgIpc) is 3.04. The SMILES string of the molecule is CN1C(=O)CC[C@H](C(=O)N2CCSCC2)[C@H]1c1cccs1. The van der Waals surface area contributed by atoms with Gasteiger partial charge in [0.05, 0.1) is 12.0 Å². The summed E-state index contributed by atoms with van der Waals surface area (Å²) >= 11 is 3.54. The van der Waals surface area contributed by atoms with E-state index in [4.69, 9.17) is 0 Å². The lowest BCUT2D eigenvalue weighted by Gasteiger charge is -2.40. The van der Waals surface area contributed by atoms with Crippen molar-refractivity contribution in [1.29, 1.82) is 0 Å². The highest BCUT2D eigenvalue weighted by Gasteiger charge is 2.41.